The number of carboxylic acid groups (broad SMARTS) is 1. The smallest absolute Gasteiger partial charge is 0.404 e. The van der Waals surface area contributed by atoms with Crippen LogP contribution >= 0.6 is 0 Å². The third-order valence-electron chi connectivity index (χ3n) is 3.07. The van der Waals surface area contributed by atoms with E-state index in [1.54, 1.807) is 0 Å². The molecule has 0 aliphatic heterocycles. The first kappa shape index (κ1) is 15.9. The van der Waals surface area contributed by atoms with Crippen molar-refractivity contribution >= 4 is 6.09 Å². The Morgan fingerprint density at radius 2 is 2.14 bits per heavy atom. The van der Waals surface area contributed by atoms with Gasteiger partial charge in [0.15, 0.2) is 5.82 Å². The van der Waals surface area contributed by atoms with E-state index in [1.807, 2.05) is 13.8 Å². The number of benzene rings is 1. The Hall–Kier alpha value is -2.51. The average Bonchev–Trinajstić information content (AvgIpc) is 2.87. The first-order valence-electron chi connectivity index (χ1n) is 6.60. The van der Waals surface area contributed by atoms with E-state index < -0.39 is 23.1 Å². The van der Waals surface area contributed by atoms with Crippen LogP contribution in [0.4, 0.5) is 13.6 Å². The van der Waals surface area contributed by atoms with Crippen molar-refractivity contribution in [2.45, 2.75) is 20.3 Å². The highest BCUT2D eigenvalue weighted by molar-refractivity contribution is 5.64. The molecule has 0 unspecified atom stereocenters. The maximum absolute atomic E-state index is 13.7. The van der Waals surface area contributed by atoms with Crippen molar-refractivity contribution in [1.29, 1.82) is 0 Å². The van der Waals surface area contributed by atoms with Crippen molar-refractivity contribution < 1.29 is 18.7 Å². The number of rotatable bonds is 5. The summed E-state index contributed by atoms with van der Waals surface area (Å²) in [5, 5.41) is 17.5. The highest BCUT2D eigenvalue weighted by Crippen LogP contribution is 2.23. The molecule has 0 atom stereocenters. The summed E-state index contributed by atoms with van der Waals surface area (Å²) < 4.78 is 26.9. The van der Waals surface area contributed by atoms with Crippen molar-refractivity contribution in [1.82, 2.24) is 20.5 Å². The average molecular weight is 310 g/mol. The maximum atomic E-state index is 13.7. The fourth-order valence-electron chi connectivity index (χ4n) is 1.99. The van der Waals surface area contributed by atoms with Crippen LogP contribution in [0.3, 0.4) is 0 Å². The fourth-order valence-corrected chi connectivity index (χ4v) is 1.99. The van der Waals surface area contributed by atoms with Crippen molar-refractivity contribution in [3.63, 3.8) is 0 Å². The van der Waals surface area contributed by atoms with Crippen LogP contribution in [0.15, 0.2) is 18.2 Å². The lowest BCUT2D eigenvalue weighted by molar-refractivity contribution is 0.187. The highest BCUT2D eigenvalue weighted by Gasteiger charge is 2.22. The molecular formula is C14H16F2N4O2. The molecule has 2 rings (SSSR count). The van der Waals surface area contributed by atoms with Gasteiger partial charge in [-0.3, -0.25) is 5.10 Å². The summed E-state index contributed by atoms with van der Waals surface area (Å²) in [5.41, 5.74) is -0.431. The fraction of sp³-hybridized carbons (Fsp3) is 0.357. The quantitative estimate of drug-likeness (QED) is 0.791. The number of hydrogen-bond donors (Lipinski definition) is 3. The molecule has 0 radical (unpaired) electrons. The van der Waals surface area contributed by atoms with Gasteiger partial charge in [-0.15, -0.1) is 0 Å². The number of H-pyrrole nitrogens is 1. The third-order valence-corrected chi connectivity index (χ3v) is 3.07. The molecule has 0 aliphatic rings. The number of aromatic nitrogens is 3. The van der Waals surface area contributed by atoms with Crippen molar-refractivity contribution in [2.75, 3.05) is 6.54 Å². The summed E-state index contributed by atoms with van der Waals surface area (Å²) in [6.45, 7) is 3.94. The minimum Gasteiger partial charge on any atom is -0.465 e. The Labute approximate surface area is 125 Å². The van der Waals surface area contributed by atoms with E-state index in [2.05, 4.69) is 20.5 Å². The van der Waals surface area contributed by atoms with Gasteiger partial charge in [0, 0.05) is 13.0 Å². The summed E-state index contributed by atoms with van der Waals surface area (Å²) in [6.07, 6.45) is -0.704. The SMILES string of the molecule is CC(C)(CNC(=O)O)Cc1nc(-c2cc(F)ccc2F)n[nH]1. The van der Waals surface area contributed by atoms with E-state index in [0.717, 1.165) is 18.2 Å². The number of hydrogen-bond acceptors (Lipinski definition) is 3. The van der Waals surface area contributed by atoms with Crippen molar-refractivity contribution in [3.8, 4) is 11.4 Å². The zero-order chi connectivity index (χ0) is 16.3. The lowest BCUT2D eigenvalue weighted by Gasteiger charge is -2.22. The van der Waals surface area contributed by atoms with Crippen LogP contribution < -0.4 is 5.32 Å². The van der Waals surface area contributed by atoms with E-state index in [9.17, 15) is 13.6 Å². The molecule has 3 N–H and O–H groups in total. The minimum atomic E-state index is -1.10. The molecule has 0 spiro atoms. The molecule has 1 heterocycles. The molecule has 2 aromatic rings. The lowest BCUT2D eigenvalue weighted by atomic mass is 9.89. The normalized spacial score (nSPS) is 11.5. The van der Waals surface area contributed by atoms with Gasteiger partial charge in [-0.1, -0.05) is 13.8 Å². The van der Waals surface area contributed by atoms with Crippen LogP contribution in [-0.2, 0) is 6.42 Å². The molecule has 1 aromatic carbocycles. The number of aromatic amines is 1. The molecule has 0 saturated carbocycles. The van der Waals surface area contributed by atoms with E-state index >= 15 is 0 Å². The van der Waals surface area contributed by atoms with Crippen molar-refractivity contribution in [2.24, 2.45) is 5.41 Å². The molecule has 8 heteroatoms. The van der Waals surface area contributed by atoms with Crippen LogP contribution in [0.2, 0.25) is 0 Å². The van der Waals surface area contributed by atoms with E-state index in [0.29, 0.717) is 12.2 Å². The van der Waals surface area contributed by atoms with Gasteiger partial charge in [0.05, 0.1) is 5.56 Å². The highest BCUT2D eigenvalue weighted by atomic mass is 19.1. The first-order valence-corrected chi connectivity index (χ1v) is 6.60. The number of nitrogens with zero attached hydrogens (tertiary/aromatic N) is 2. The zero-order valence-electron chi connectivity index (χ0n) is 12.2. The van der Waals surface area contributed by atoms with Gasteiger partial charge in [0.1, 0.15) is 17.5 Å². The molecule has 0 aliphatic carbocycles. The summed E-state index contributed by atoms with van der Waals surface area (Å²) >= 11 is 0. The second kappa shape index (κ2) is 6.08. The molecule has 22 heavy (non-hydrogen) atoms. The van der Waals surface area contributed by atoms with Crippen LogP contribution in [0.5, 0.6) is 0 Å². The van der Waals surface area contributed by atoms with Crippen molar-refractivity contribution in [3.05, 3.63) is 35.7 Å². The molecule has 0 saturated heterocycles. The number of nitrogens with one attached hydrogen (secondary N) is 2. The Bertz CT molecular complexity index is 685. The predicted octanol–water partition coefficient (Wildman–Crippen LogP) is 2.59. The van der Waals surface area contributed by atoms with Crippen LogP contribution in [-0.4, -0.2) is 32.9 Å². The molecular weight excluding hydrogens is 294 g/mol. The van der Waals surface area contributed by atoms with Gasteiger partial charge in [-0.25, -0.2) is 18.6 Å². The largest absolute Gasteiger partial charge is 0.465 e. The first-order chi connectivity index (χ1) is 10.3. The van der Waals surface area contributed by atoms with E-state index in [4.69, 9.17) is 5.11 Å². The second-order valence-corrected chi connectivity index (χ2v) is 5.73. The van der Waals surface area contributed by atoms with Gasteiger partial charge in [0.2, 0.25) is 0 Å². The van der Waals surface area contributed by atoms with Gasteiger partial charge < -0.3 is 10.4 Å². The molecule has 0 fully saturated rings. The second-order valence-electron chi connectivity index (χ2n) is 5.73. The van der Waals surface area contributed by atoms with Gasteiger partial charge in [0.25, 0.3) is 0 Å². The summed E-state index contributed by atoms with van der Waals surface area (Å²) in [6, 6.07) is 3.06. The lowest BCUT2D eigenvalue weighted by Crippen LogP contribution is -2.34. The van der Waals surface area contributed by atoms with Crippen LogP contribution in [0.1, 0.15) is 19.7 Å². The summed E-state index contributed by atoms with van der Waals surface area (Å²) in [7, 11) is 0. The molecule has 118 valence electrons. The topological polar surface area (TPSA) is 90.9 Å². The number of amides is 1. The molecule has 0 bridgehead atoms. The Kier molecular flexibility index (Phi) is 4.39. The number of halogens is 2. The predicted molar refractivity (Wildman–Crippen MR) is 75.2 cm³/mol. The maximum Gasteiger partial charge on any atom is 0.404 e. The van der Waals surface area contributed by atoms with Gasteiger partial charge >= 0.3 is 6.09 Å². The van der Waals surface area contributed by atoms with Crippen LogP contribution in [0.25, 0.3) is 11.4 Å². The third kappa shape index (κ3) is 4.00. The minimum absolute atomic E-state index is 0.0241. The Morgan fingerprint density at radius 3 is 2.82 bits per heavy atom. The number of carbonyl (C=O) groups is 1. The molecule has 6 nitrogen and oxygen atoms in total. The van der Waals surface area contributed by atoms with Crippen LogP contribution in [0, 0.1) is 17.0 Å². The van der Waals surface area contributed by atoms with Gasteiger partial charge in [-0.05, 0) is 23.6 Å². The molecule has 1 amide bonds. The van der Waals surface area contributed by atoms with E-state index in [-0.39, 0.29) is 17.9 Å². The monoisotopic (exact) mass is 310 g/mol. The summed E-state index contributed by atoms with van der Waals surface area (Å²) in [5.74, 6) is -0.655. The molecule has 1 aromatic heterocycles. The Balaban J connectivity index is 2.14. The standard InChI is InChI=1S/C14H16F2N4O2/c1-14(2,7-17-13(21)22)6-11-18-12(20-19-11)9-5-8(15)3-4-10(9)16/h3-5,17H,6-7H2,1-2H3,(H,21,22)(H,18,19,20). The zero-order valence-corrected chi connectivity index (χ0v) is 12.2. The Morgan fingerprint density at radius 1 is 1.41 bits per heavy atom. The van der Waals surface area contributed by atoms with E-state index in [1.165, 1.54) is 0 Å². The van der Waals surface area contributed by atoms with Gasteiger partial charge in [-0.2, -0.15) is 5.10 Å². The summed E-state index contributed by atoms with van der Waals surface area (Å²) in [4.78, 5) is 14.7.